The smallest absolute Gasteiger partial charge is 0.335 e. The Morgan fingerprint density at radius 3 is 2.46 bits per heavy atom. The molecule has 1 heterocycles. The first-order valence-electron chi connectivity index (χ1n) is 7.56. The van der Waals surface area contributed by atoms with Gasteiger partial charge in [0, 0.05) is 12.7 Å². The van der Waals surface area contributed by atoms with Gasteiger partial charge in [0.05, 0.1) is 28.6 Å². The lowest BCUT2D eigenvalue weighted by Gasteiger charge is -2.15. The van der Waals surface area contributed by atoms with Crippen LogP contribution in [-0.4, -0.2) is 32.9 Å². The maximum absolute atomic E-state index is 12.6. The predicted molar refractivity (Wildman–Crippen MR) is 89.8 cm³/mol. The van der Waals surface area contributed by atoms with Crippen molar-refractivity contribution in [3.8, 4) is 5.75 Å². The maximum atomic E-state index is 12.6. The molecule has 0 spiro atoms. The van der Waals surface area contributed by atoms with Crippen LogP contribution in [0, 0.1) is 13.8 Å². The first kappa shape index (κ1) is 17.5. The summed E-state index contributed by atoms with van der Waals surface area (Å²) in [5.41, 5.74) is 2.19. The van der Waals surface area contributed by atoms with Gasteiger partial charge in [0.25, 0.3) is 5.91 Å². The van der Waals surface area contributed by atoms with Crippen LogP contribution < -0.4 is 10.1 Å². The third-order valence-electron chi connectivity index (χ3n) is 3.57. The van der Waals surface area contributed by atoms with E-state index in [2.05, 4.69) is 10.4 Å². The summed E-state index contributed by atoms with van der Waals surface area (Å²) in [6.07, 6.45) is -0.113. The Hall–Kier alpha value is -2.83. The highest BCUT2D eigenvalue weighted by Gasteiger charge is 2.20. The van der Waals surface area contributed by atoms with E-state index in [1.165, 1.54) is 12.1 Å². The van der Waals surface area contributed by atoms with E-state index in [4.69, 9.17) is 9.84 Å². The number of nitrogens with zero attached hydrogens (tertiary/aromatic N) is 2. The molecule has 0 aliphatic rings. The van der Waals surface area contributed by atoms with Gasteiger partial charge in [-0.25, -0.2) is 4.79 Å². The molecule has 0 saturated heterocycles. The average molecular weight is 331 g/mol. The molecule has 128 valence electrons. The standard InChI is InChI=1S/C17H21N3O4/c1-9(2)24-14-7-6-12(17(22)23)8-13(14)18-16(21)15-10(3)19-20(5)11(15)4/h6-9H,1-5H3,(H,18,21)(H,22,23). The lowest BCUT2D eigenvalue weighted by molar-refractivity contribution is 0.0696. The van der Waals surface area contributed by atoms with Crippen LogP contribution in [-0.2, 0) is 7.05 Å². The molecule has 0 aliphatic carbocycles. The first-order chi connectivity index (χ1) is 11.2. The summed E-state index contributed by atoms with van der Waals surface area (Å²) in [4.78, 5) is 23.8. The minimum Gasteiger partial charge on any atom is -0.489 e. The second-order valence-corrected chi connectivity index (χ2v) is 5.81. The van der Waals surface area contributed by atoms with E-state index in [0.29, 0.717) is 22.7 Å². The highest BCUT2D eigenvalue weighted by Crippen LogP contribution is 2.28. The Morgan fingerprint density at radius 2 is 1.96 bits per heavy atom. The number of aromatic nitrogens is 2. The first-order valence-corrected chi connectivity index (χ1v) is 7.56. The van der Waals surface area contributed by atoms with Crippen molar-refractivity contribution >= 4 is 17.6 Å². The van der Waals surface area contributed by atoms with Crippen LogP contribution in [0.3, 0.4) is 0 Å². The van der Waals surface area contributed by atoms with E-state index in [1.807, 2.05) is 13.8 Å². The van der Waals surface area contributed by atoms with Crippen molar-refractivity contribution in [2.24, 2.45) is 7.05 Å². The summed E-state index contributed by atoms with van der Waals surface area (Å²) in [6, 6.07) is 4.37. The van der Waals surface area contributed by atoms with E-state index in [9.17, 15) is 9.59 Å². The van der Waals surface area contributed by atoms with Crippen molar-refractivity contribution in [2.75, 3.05) is 5.32 Å². The fraction of sp³-hybridized carbons (Fsp3) is 0.353. The molecule has 7 nitrogen and oxygen atoms in total. The van der Waals surface area contributed by atoms with E-state index >= 15 is 0 Å². The highest BCUT2D eigenvalue weighted by atomic mass is 16.5. The number of carbonyl (C=O) groups excluding carboxylic acids is 1. The molecule has 0 saturated carbocycles. The van der Waals surface area contributed by atoms with Crippen LogP contribution in [0.2, 0.25) is 0 Å². The lowest BCUT2D eigenvalue weighted by atomic mass is 10.1. The Balaban J connectivity index is 2.40. The molecule has 0 unspecified atom stereocenters. The van der Waals surface area contributed by atoms with Crippen LogP contribution in [0.15, 0.2) is 18.2 Å². The average Bonchev–Trinajstić information content (AvgIpc) is 2.73. The Kier molecular flexibility index (Phi) is 4.92. The second kappa shape index (κ2) is 6.74. The van der Waals surface area contributed by atoms with Crippen LogP contribution in [0.5, 0.6) is 5.75 Å². The van der Waals surface area contributed by atoms with Gasteiger partial charge in [-0.1, -0.05) is 0 Å². The SMILES string of the molecule is Cc1nn(C)c(C)c1C(=O)Nc1cc(C(=O)O)ccc1OC(C)C. The monoisotopic (exact) mass is 331 g/mol. The number of carbonyl (C=O) groups is 2. The van der Waals surface area contributed by atoms with Crippen LogP contribution in [0.25, 0.3) is 0 Å². The number of aryl methyl sites for hydroxylation is 2. The van der Waals surface area contributed by atoms with Gasteiger partial charge in [-0.2, -0.15) is 5.10 Å². The summed E-state index contributed by atoms with van der Waals surface area (Å²) >= 11 is 0. The molecule has 2 aromatic rings. The van der Waals surface area contributed by atoms with Crippen LogP contribution >= 0.6 is 0 Å². The summed E-state index contributed by atoms with van der Waals surface area (Å²) < 4.78 is 7.28. The zero-order valence-corrected chi connectivity index (χ0v) is 14.4. The molecule has 0 atom stereocenters. The molecule has 1 aromatic heterocycles. The molecule has 0 aliphatic heterocycles. The van der Waals surface area contributed by atoms with Gasteiger partial charge in [0.1, 0.15) is 5.75 Å². The van der Waals surface area contributed by atoms with Crippen molar-refractivity contribution < 1.29 is 19.4 Å². The number of amides is 1. The van der Waals surface area contributed by atoms with Gasteiger partial charge >= 0.3 is 5.97 Å². The molecule has 2 rings (SSSR count). The Labute approximate surface area is 140 Å². The van der Waals surface area contributed by atoms with Gasteiger partial charge in [0.2, 0.25) is 0 Å². The summed E-state index contributed by atoms with van der Waals surface area (Å²) in [6.45, 7) is 7.26. The number of benzene rings is 1. The maximum Gasteiger partial charge on any atom is 0.335 e. The number of hydrogen-bond acceptors (Lipinski definition) is 4. The zero-order chi connectivity index (χ0) is 18.0. The number of aromatic carboxylic acids is 1. The molecule has 1 aromatic carbocycles. The fourth-order valence-corrected chi connectivity index (χ4v) is 2.40. The van der Waals surface area contributed by atoms with Gasteiger partial charge in [-0.15, -0.1) is 0 Å². The van der Waals surface area contributed by atoms with Crippen molar-refractivity contribution in [3.05, 3.63) is 40.7 Å². The molecular formula is C17H21N3O4. The van der Waals surface area contributed by atoms with Crippen LogP contribution in [0.1, 0.15) is 46.0 Å². The number of rotatable bonds is 5. The molecule has 24 heavy (non-hydrogen) atoms. The minimum atomic E-state index is -1.07. The van der Waals surface area contributed by atoms with E-state index < -0.39 is 5.97 Å². The predicted octanol–water partition coefficient (Wildman–Crippen LogP) is 2.77. The van der Waals surface area contributed by atoms with E-state index in [-0.39, 0.29) is 17.6 Å². The Bertz CT molecular complexity index is 793. The van der Waals surface area contributed by atoms with Crippen molar-refractivity contribution in [1.29, 1.82) is 0 Å². The lowest BCUT2D eigenvalue weighted by Crippen LogP contribution is -2.16. The van der Waals surface area contributed by atoms with Crippen molar-refractivity contribution in [3.63, 3.8) is 0 Å². The quantitative estimate of drug-likeness (QED) is 0.878. The van der Waals surface area contributed by atoms with Gasteiger partial charge in [0.15, 0.2) is 0 Å². The van der Waals surface area contributed by atoms with E-state index in [0.717, 1.165) is 5.69 Å². The minimum absolute atomic E-state index is 0.0704. The number of carboxylic acids is 1. The number of ether oxygens (including phenoxy) is 1. The molecule has 2 N–H and O–H groups in total. The summed E-state index contributed by atoms with van der Waals surface area (Å²) in [7, 11) is 1.76. The van der Waals surface area contributed by atoms with Gasteiger partial charge in [-0.3, -0.25) is 9.48 Å². The molecule has 0 radical (unpaired) electrons. The third kappa shape index (κ3) is 3.56. The highest BCUT2D eigenvalue weighted by molar-refractivity contribution is 6.07. The van der Waals surface area contributed by atoms with Crippen molar-refractivity contribution in [2.45, 2.75) is 33.8 Å². The molecule has 0 bridgehead atoms. The van der Waals surface area contributed by atoms with Crippen molar-refractivity contribution in [1.82, 2.24) is 9.78 Å². The number of hydrogen-bond donors (Lipinski definition) is 2. The number of carboxylic acid groups (broad SMARTS) is 1. The molecular weight excluding hydrogens is 310 g/mol. The molecule has 1 amide bonds. The second-order valence-electron chi connectivity index (χ2n) is 5.81. The van der Waals surface area contributed by atoms with E-state index in [1.54, 1.807) is 31.6 Å². The zero-order valence-electron chi connectivity index (χ0n) is 14.4. The molecule has 0 fully saturated rings. The summed E-state index contributed by atoms with van der Waals surface area (Å²) in [5.74, 6) is -1.01. The van der Waals surface area contributed by atoms with Crippen LogP contribution in [0.4, 0.5) is 5.69 Å². The summed E-state index contributed by atoms with van der Waals surface area (Å²) in [5, 5.41) is 16.1. The van der Waals surface area contributed by atoms with Gasteiger partial charge < -0.3 is 15.2 Å². The number of nitrogens with one attached hydrogen (secondary N) is 1. The topological polar surface area (TPSA) is 93.5 Å². The Morgan fingerprint density at radius 1 is 1.29 bits per heavy atom. The van der Waals surface area contributed by atoms with Gasteiger partial charge in [-0.05, 0) is 45.9 Å². The largest absolute Gasteiger partial charge is 0.489 e. The fourth-order valence-electron chi connectivity index (χ4n) is 2.40. The number of anilines is 1. The normalized spacial score (nSPS) is 10.8. The third-order valence-corrected chi connectivity index (χ3v) is 3.57. The molecule has 7 heteroatoms.